The minimum Gasteiger partial charge on any atom is -0.481 e. The van der Waals surface area contributed by atoms with Crippen LogP contribution in [0, 0.1) is 13.8 Å². The zero-order valence-electron chi connectivity index (χ0n) is 15.1. The van der Waals surface area contributed by atoms with Gasteiger partial charge in [-0.05, 0) is 74.1 Å². The zero-order valence-corrected chi connectivity index (χ0v) is 15.9. The Morgan fingerprint density at radius 2 is 1.76 bits per heavy atom. The largest absolute Gasteiger partial charge is 0.481 e. The summed E-state index contributed by atoms with van der Waals surface area (Å²) in [6.45, 7) is 6.64. The van der Waals surface area contributed by atoms with Crippen LogP contribution in [0.4, 0.5) is 0 Å². The van der Waals surface area contributed by atoms with Gasteiger partial charge in [-0.3, -0.25) is 4.79 Å². The van der Waals surface area contributed by atoms with Crippen molar-refractivity contribution >= 4 is 17.5 Å². The van der Waals surface area contributed by atoms with E-state index in [-0.39, 0.29) is 5.91 Å². The second-order valence-corrected chi connectivity index (χ2v) is 6.80. The van der Waals surface area contributed by atoms with E-state index in [4.69, 9.17) is 16.3 Å². The Balaban J connectivity index is 1.80. The zero-order chi connectivity index (χ0) is 18.2. The highest BCUT2D eigenvalue weighted by molar-refractivity contribution is 6.30. The van der Waals surface area contributed by atoms with E-state index in [0.29, 0.717) is 13.0 Å². The molecule has 0 saturated carbocycles. The molecule has 0 aromatic heterocycles. The topological polar surface area (TPSA) is 38.3 Å². The molecular weight excluding hydrogens is 334 g/mol. The minimum absolute atomic E-state index is 0.0576. The highest BCUT2D eigenvalue weighted by atomic mass is 35.5. The van der Waals surface area contributed by atoms with E-state index >= 15 is 0 Å². The van der Waals surface area contributed by atoms with Gasteiger partial charge in [0.25, 0.3) is 5.91 Å². The van der Waals surface area contributed by atoms with Crippen LogP contribution in [0.1, 0.15) is 36.5 Å². The van der Waals surface area contributed by atoms with Gasteiger partial charge >= 0.3 is 0 Å². The first kappa shape index (κ1) is 19.3. The average molecular weight is 360 g/mol. The summed E-state index contributed by atoms with van der Waals surface area (Å²) < 4.78 is 5.89. The Bertz CT molecular complexity index is 677. The molecule has 25 heavy (non-hydrogen) atoms. The number of hydrogen-bond donors (Lipinski definition) is 1. The minimum atomic E-state index is -0.461. The standard InChI is InChI=1S/C21H26ClNO2/c1-4-20(25-19-13-15(2)12-16(3)14-19)21(24)23-11-5-6-17-7-9-18(22)10-8-17/h7-10,12-14,20H,4-6,11H2,1-3H3,(H,23,24). The molecule has 0 aliphatic rings. The molecule has 0 spiro atoms. The monoisotopic (exact) mass is 359 g/mol. The number of aryl methyl sites for hydroxylation is 3. The molecule has 0 heterocycles. The number of amides is 1. The van der Waals surface area contributed by atoms with E-state index in [2.05, 4.69) is 11.4 Å². The van der Waals surface area contributed by atoms with Crippen LogP contribution in [0.15, 0.2) is 42.5 Å². The van der Waals surface area contributed by atoms with Crippen molar-refractivity contribution in [3.63, 3.8) is 0 Å². The summed E-state index contributed by atoms with van der Waals surface area (Å²) in [6, 6.07) is 13.8. The van der Waals surface area contributed by atoms with Crippen LogP contribution in [0.25, 0.3) is 0 Å². The third kappa shape index (κ3) is 6.43. The lowest BCUT2D eigenvalue weighted by Crippen LogP contribution is -2.38. The van der Waals surface area contributed by atoms with Gasteiger partial charge < -0.3 is 10.1 Å². The number of ether oxygens (including phenoxy) is 1. The summed E-state index contributed by atoms with van der Waals surface area (Å²) in [6.07, 6.45) is 1.96. The molecule has 0 aliphatic carbocycles. The van der Waals surface area contributed by atoms with Crippen molar-refractivity contribution in [2.75, 3.05) is 6.54 Å². The average Bonchev–Trinajstić information content (AvgIpc) is 2.57. The summed E-state index contributed by atoms with van der Waals surface area (Å²) in [4.78, 5) is 12.4. The van der Waals surface area contributed by atoms with Gasteiger partial charge in [-0.25, -0.2) is 0 Å². The smallest absolute Gasteiger partial charge is 0.261 e. The number of nitrogens with one attached hydrogen (secondary N) is 1. The molecule has 4 heteroatoms. The summed E-state index contributed by atoms with van der Waals surface area (Å²) in [7, 11) is 0. The number of halogens is 1. The molecule has 1 atom stereocenters. The van der Waals surface area contributed by atoms with Crippen molar-refractivity contribution in [3.8, 4) is 5.75 Å². The van der Waals surface area contributed by atoms with Crippen molar-refractivity contribution in [2.24, 2.45) is 0 Å². The Kier molecular flexibility index (Phi) is 7.32. The second kappa shape index (κ2) is 9.47. The van der Waals surface area contributed by atoms with Gasteiger partial charge in [0, 0.05) is 11.6 Å². The van der Waals surface area contributed by atoms with Crippen LogP contribution in [0.5, 0.6) is 5.75 Å². The lowest BCUT2D eigenvalue weighted by atomic mass is 10.1. The van der Waals surface area contributed by atoms with Crippen LogP contribution in [0.2, 0.25) is 5.02 Å². The van der Waals surface area contributed by atoms with Crippen molar-refractivity contribution in [2.45, 2.75) is 46.1 Å². The molecule has 0 bridgehead atoms. The molecule has 1 unspecified atom stereocenters. The van der Waals surface area contributed by atoms with E-state index < -0.39 is 6.10 Å². The summed E-state index contributed by atoms with van der Waals surface area (Å²) >= 11 is 5.88. The fourth-order valence-corrected chi connectivity index (χ4v) is 2.88. The lowest BCUT2D eigenvalue weighted by molar-refractivity contribution is -0.128. The van der Waals surface area contributed by atoms with E-state index in [1.807, 2.05) is 57.2 Å². The number of rotatable bonds is 8. The van der Waals surface area contributed by atoms with Crippen LogP contribution in [0.3, 0.4) is 0 Å². The van der Waals surface area contributed by atoms with Gasteiger partial charge in [0.15, 0.2) is 6.10 Å². The van der Waals surface area contributed by atoms with Crippen LogP contribution in [-0.2, 0) is 11.2 Å². The quantitative estimate of drug-likeness (QED) is 0.683. The molecule has 1 N–H and O–H groups in total. The molecule has 0 fully saturated rings. The lowest BCUT2D eigenvalue weighted by Gasteiger charge is -2.18. The number of benzene rings is 2. The van der Waals surface area contributed by atoms with Gasteiger partial charge in [0.2, 0.25) is 0 Å². The maximum absolute atomic E-state index is 12.4. The van der Waals surface area contributed by atoms with E-state index in [1.165, 1.54) is 5.56 Å². The maximum Gasteiger partial charge on any atom is 0.261 e. The SMILES string of the molecule is CCC(Oc1cc(C)cc(C)c1)C(=O)NCCCc1ccc(Cl)cc1. The van der Waals surface area contributed by atoms with Gasteiger partial charge in [0.05, 0.1) is 0 Å². The molecule has 0 radical (unpaired) electrons. The Morgan fingerprint density at radius 1 is 1.12 bits per heavy atom. The van der Waals surface area contributed by atoms with Gasteiger partial charge in [-0.15, -0.1) is 0 Å². The Morgan fingerprint density at radius 3 is 2.36 bits per heavy atom. The first-order valence-corrected chi connectivity index (χ1v) is 9.13. The van der Waals surface area contributed by atoms with Crippen molar-refractivity contribution in [1.82, 2.24) is 5.32 Å². The Hall–Kier alpha value is -2.00. The molecule has 2 aromatic rings. The Labute approximate surface area is 155 Å². The van der Waals surface area contributed by atoms with E-state index in [1.54, 1.807) is 0 Å². The molecular formula is C21H26ClNO2. The molecule has 0 aliphatic heterocycles. The van der Waals surface area contributed by atoms with Crippen molar-refractivity contribution in [1.29, 1.82) is 0 Å². The number of hydrogen-bond acceptors (Lipinski definition) is 2. The fraction of sp³-hybridized carbons (Fsp3) is 0.381. The van der Waals surface area contributed by atoms with Gasteiger partial charge in [0.1, 0.15) is 5.75 Å². The predicted molar refractivity (Wildman–Crippen MR) is 103 cm³/mol. The van der Waals surface area contributed by atoms with Crippen LogP contribution in [-0.4, -0.2) is 18.6 Å². The van der Waals surface area contributed by atoms with Crippen molar-refractivity contribution in [3.05, 3.63) is 64.2 Å². The fourth-order valence-electron chi connectivity index (χ4n) is 2.76. The number of carbonyl (C=O) groups is 1. The van der Waals surface area contributed by atoms with E-state index in [0.717, 1.165) is 34.7 Å². The second-order valence-electron chi connectivity index (χ2n) is 6.36. The van der Waals surface area contributed by atoms with Gasteiger partial charge in [-0.2, -0.15) is 0 Å². The predicted octanol–water partition coefficient (Wildman–Crippen LogP) is 4.86. The third-order valence-corrected chi connectivity index (χ3v) is 4.24. The first-order valence-electron chi connectivity index (χ1n) is 8.75. The molecule has 3 nitrogen and oxygen atoms in total. The van der Waals surface area contributed by atoms with Gasteiger partial charge in [-0.1, -0.05) is 36.7 Å². The highest BCUT2D eigenvalue weighted by Crippen LogP contribution is 2.18. The molecule has 1 amide bonds. The molecule has 2 aromatic carbocycles. The summed E-state index contributed by atoms with van der Waals surface area (Å²) in [5.41, 5.74) is 3.48. The normalized spacial score (nSPS) is 11.8. The number of carbonyl (C=O) groups excluding carboxylic acids is 1. The third-order valence-electron chi connectivity index (χ3n) is 3.99. The molecule has 2 rings (SSSR count). The summed E-state index contributed by atoms with van der Waals surface area (Å²) in [5.74, 6) is 0.693. The highest BCUT2D eigenvalue weighted by Gasteiger charge is 2.18. The van der Waals surface area contributed by atoms with Crippen molar-refractivity contribution < 1.29 is 9.53 Å². The molecule has 134 valence electrons. The molecule has 0 saturated heterocycles. The van der Waals surface area contributed by atoms with Crippen LogP contribution < -0.4 is 10.1 Å². The van der Waals surface area contributed by atoms with Crippen LogP contribution >= 0.6 is 11.6 Å². The first-order chi connectivity index (χ1) is 12.0. The van der Waals surface area contributed by atoms with E-state index in [9.17, 15) is 4.79 Å². The maximum atomic E-state index is 12.4. The summed E-state index contributed by atoms with van der Waals surface area (Å²) in [5, 5.41) is 3.72.